The summed E-state index contributed by atoms with van der Waals surface area (Å²) in [6.45, 7) is 3.02. The topological polar surface area (TPSA) is 62.4 Å². The van der Waals surface area contributed by atoms with Gasteiger partial charge in [-0.2, -0.15) is 0 Å². The summed E-state index contributed by atoms with van der Waals surface area (Å²) < 4.78 is 5.82. The van der Waals surface area contributed by atoms with Gasteiger partial charge in [0.15, 0.2) is 0 Å². The molecular formula is C18H24ClN3O2. The minimum atomic E-state index is -0.373. The number of halogens is 1. The van der Waals surface area contributed by atoms with E-state index >= 15 is 0 Å². The van der Waals surface area contributed by atoms with Crippen molar-refractivity contribution in [3.63, 3.8) is 0 Å². The standard InChI is InChI=1S/C18H24ClN3O2/c1-13(23)11-22(16-8-3-2-4-9-16)12-17-20-21-18(24-17)14-6-5-7-15(19)10-14/h5-7,10,13,16,23H,2-4,8-9,11-12H2,1H3. The molecule has 0 saturated heterocycles. The van der Waals surface area contributed by atoms with Crippen LogP contribution in [0, 0.1) is 0 Å². The summed E-state index contributed by atoms with van der Waals surface area (Å²) >= 11 is 6.02. The van der Waals surface area contributed by atoms with Crippen LogP contribution in [0.25, 0.3) is 11.5 Å². The first-order valence-corrected chi connectivity index (χ1v) is 9.00. The van der Waals surface area contributed by atoms with Crippen LogP contribution in [0.1, 0.15) is 44.9 Å². The molecule has 2 aromatic rings. The predicted octanol–water partition coefficient (Wildman–Crippen LogP) is 3.91. The molecule has 1 aromatic heterocycles. The SMILES string of the molecule is CC(O)CN(Cc1nnc(-c2cccc(Cl)c2)o1)C1CCCCC1. The molecule has 0 spiro atoms. The second-order valence-electron chi connectivity index (χ2n) is 6.58. The van der Waals surface area contributed by atoms with Crippen LogP contribution in [0.15, 0.2) is 28.7 Å². The summed E-state index contributed by atoms with van der Waals surface area (Å²) in [6.07, 6.45) is 5.77. The van der Waals surface area contributed by atoms with Gasteiger partial charge in [0.2, 0.25) is 11.8 Å². The maximum absolute atomic E-state index is 9.82. The predicted molar refractivity (Wildman–Crippen MR) is 93.7 cm³/mol. The van der Waals surface area contributed by atoms with Gasteiger partial charge in [-0.25, -0.2) is 0 Å². The van der Waals surface area contributed by atoms with Gasteiger partial charge < -0.3 is 9.52 Å². The third-order valence-electron chi connectivity index (χ3n) is 4.47. The van der Waals surface area contributed by atoms with Crippen LogP contribution in [0.3, 0.4) is 0 Å². The zero-order chi connectivity index (χ0) is 16.9. The summed E-state index contributed by atoms with van der Waals surface area (Å²) in [4.78, 5) is 2.28. The zero-order valence-corrected chi connectivity index (χ0v) is 14.7. The lowest BCUT2D eigenvalue weighted by molar-refractivity contribution is 0.0706. The lowest BCUT2D eigenvalue weighted by atomic mass is 9.94. The van der Waals surface area contributed by atoms with Gasteiger partial charge in [0.05, 0.1) is 12.6 Å². The molecule has 1 heterocycles. The monoisotopic (exact) mass is 349 g/mol. The summed E-state index contributed by atoms with van der Waals surface area (Å²) in [6, 6.07) is 7.87. The van der Waals surface area contributed by atoms with E-state index in [4.69, 9.17) is 16.0 Å². The minimum absolute atomic E-state index is 0.373. The van der Waals surface area contributed by atoms with E-state index < -0.39 is 0 Å². The molecule has 1 aromatic carbocycles. The summed E-state index contributed by atoms with van der Waals surface area (Å²) in [5.41, 5.74) is 0.820. The second-order valence-corrected chi connectivity index (χ2v) is 7.02. The molecular weight excluding hydrogens is 326 g/mol. The van der Waals surface area contributed by atoms with Gasteiger partial charge in [-0.1, -0.05) is 36.9 Å². The Morgan fingerprint density at radius 3 is 2.79 bits per heavy atom. The van der Waals surface area contributed by atoms with Crippen molar-refractivity contribution in [1.29, 1.82) is 0 Å². The zero-order valence-electron chi connectivity index (χ0n) is 14.0. The number of rotatable bonds is 6. The van der Waals surface area contributed by atoms with Crippen molar-refractivity contribution < 1.29 is 9.52 Å². The average molecular weight is 350 g/mol. The Morgan fingerprint density at radius 2 is 2.08 bits per heavy atom. The number of aliphatic hydroxyl groups excluding tert-OH is 1. The molecule has 3 rings (SSSR count). The van der Waals surface area contributed by atoms with E-state index in [0.29, 0.717) is 35.9 Å². The highest BCUT2D eigenvalue weighted by molar-refractivity contribution is 6.30. The molecule has 130 valence electrons. The number of hydrogen-bond acceptors (Lipinski definition) is 5. The van der Waals surface area contributed by atoms with Gasteiger partial charge >= 0.3 is 0 Å². The summed E-state index contributed by atoms with van der Waals surface area (Å²) in [7, 11) is 0. The summed E-state index contributed by atoms with van der Waals surface area (Å²) in [5, 5.41) is 18.8. The van der Waals surface area contributed by atoms with E-state index in [0.717, 1.165) is 5.56 Å². The van der Waals surface area contributed by atoms with Crippen molar-refractivity contribution in [2.45, 2.75) is 57.7 Å². The molecule has 0 radical (unpaired) electrons. The number of hydrogen-bond donors (Lipinski definition) is 1. The fraction of sp³-hybridized carbons (Fsp3) is 0.556. The van der Waals surface area contributed by atoms with Crippen LogP contribution in [0.2, 0.25) is 5.02 Å². The van der Waals surface area contributed by atoms with Crippen molar-refractivity contribution >= 4 is 11.6 Å². The molecule has 1 unspecified atom stereocenters. The quantitative estimate of drug-likeness (QED) is 0.856. The molecule has 5 nitrogen and oxygen atoms in total. The maximum atomic E-state index is 9.82. The van der Waals surface area contributed by atoms with Crippen LogP contribution < -0.4 is 0 Å². The van der Waals surface area contributed by atoms with Gasteiger partial charge in [0, 0.05) is 23.2 Å². The highest BCUT2D eigenvalue weighted by atomic mass is 35.5. The second kappa shape index (κ2) is 8.10. The smallest absolute Gasteiger partial charge is 0.247 e. The minimum Gasteiger partial charge on any atom is -0.419 e. The molecule has 0 bridgehead atoms. The van der Waals surface area contributed by atoms with E-state index in [9.17, 15) is 5.11 Å². The summed E-state index contributed by atoms with van der Waals surface area (Å²) in [5.74, 6) is 1.06. The van der Waals surface area contributed by atoms with Crippen molar-refractivity contribution in [2.75, 3.05) is 6.54 Å². The van der Waals surface area contributed by atoms with E-state index in [-0.39, 0.29) is 6.10 Å². The molecule has 1 aliphatic carbocycles. The molecule has 1 aliphatic rings. The Morgan fingerprint density at radius 1 is 1.29 bits per heavy atom. The Kier molecular flexibility index (Phi) is 5.87. The first-order chi connectivity index (χ1) is 11.6. The first-order valence-electron chi connectivity index (χ1n) is 8.62. The maximum Gasteiger partial charge on any atom is 0.247 e. The van der Waals surface area contributed by atoms with Gasteiger partial charge in [-0.15, -0.1) is 10.2 Å². The molecule has 1 saturated carbocycles. The number of nitrogens with zero attached hydrogens (tertiary/aromatic N) is 3. The average Bonchev–Trinajstić information content (AvgIpc) is 3.03. The molecule has 24 heavy (non-hydrogen) atoms. The van der Waals surface area contributed by atoms with E-state index in [2.05, 4.69) is 15.1 Å². The Hall–Kier alpha value is -1.43. The first kappa shape index (κ1) is 17.4. The number of aromatic nitrogens is 2. The molecule has 6 heteroatoms. The van der Waals surface area contributed by atoms with Crippen LogP contribution in [-0.2, 0) is 6.54 Å². The van der Waals surface area contributed by atoms with Crippen molar-refractivity contribution in [2.24, 2.45) is 0 Å². The van der Waals surface area contributed by atoms with E-state index in [1.807, 2.05) is 31.2 Å². The lowest BCUT2D eigenvalue weighted by Gasteiger charge is -2.34. The van der Waals surface area contributed by atoms with E-state index in [1.165, 1.54) is 32.1 Å². The van der Waals surface area contributed by atoms with E-state index in [1.54, 1.807) is 0 Å². The van der Waals surface area contributed by atoms with Crippen molar-refractivity contribution in [1.82, 2.24) is 15.1 Å². The largest absolute Gasteiger partial charge is 0.419 e. The van der Waals surface area contributed by atoms with Crippen LogP contribution in [-0.4, -0.2) is 38.9 Å². The fourth-order valence-electron chi connectivity index (χ4n) is 3.36. The van der Waals surface area contributed by atoms with Gasteiger partial charge in [0.25, 0.3) is 0 Å². The molecule has 1 N–H and O–H groups in total. The Balaban J connectivity index is 1.72. The fourth-order valence-corrected chi connectivity index (χ4v) is 3.55. The molecule has 1 atom stereocenters. The van der Waals surface area contributed by atoms with Crippen molar-refractivity contribution in [3.05, 3.63) is 35.2 Å². The highest BCUT2D eigenvalue weighted by Gasteiger charge is 2.24. The normalized spacial score (nSPS) is 17.3. The van der Waals surface area contributed by atoms with Crippen LogP contribution in [0.4, 0.5) is 0 Å². The van der Waals surface area contributed by atoms with Crippen LogP contribution >= 0.6 is 11.6 Å². The number of aliphatic hydroxyl groups is 1. The van der Waals surface area contributed by atoms with Gasteiger partial charge in [-0.05, 0) is 38.0 Å². The molecule has 0 aliphatic heterocycles. The van der Waals surface area contributed by atoms with Crippen molar-refractivity contribution in [3.8, 4) is 11.5 Å². The van der Waals surface area contributed by atoms with Gasteiger partial charge in [-0.3, -0.25) is 4.90 Å². The molecule has 1 fully saturated rings. The lowest BCUT2D eigenvalue weighted by Crippen LogP contribution is -2.40. The third-order valence-corrected chi connectivity index (χ3v) is 4.70. The van der Waals surface area contributed by atoms with Gasteiger partial charge in [0.1, 0.15) is 0 Å². The Bertz CT molecular complexity index is 653. The highest BCUT2D eigenvalue weighted by Crippen LogP contribution is 2.26. The number of benzene rings is 1. The Labute approximate surface area is 147 Å². The van der Waals surface area contributed by atoms with Crippen LogP contribution in [0.5, 0.6) is 0 Å². The third kappa shape index (κ3) is 4.56. The molecule has 0 amide bonds.